The number of aromatic nitrogens is 4. The maximum absolute atomic E-state index is 10.9. The maximum Gasteiger partial charge on any atom is 0.356 e. The van der Waals surface area contributed by atoms with E-state index in [0.717, 1.165) is 5.75 Å². The van der Waals surface area contributed by atoms with Crippen molar-refractivity contribution in [2.24, 2.45) is 0 Å². The highest BCUT2D eigenvalue weighted by Gasteiger charge is 2.09. The molecule has 0 amide bonds. The predicted octanol–water partition coefficient (Wildman–Crippen LogP) is 2.16. The van der Waals surface area contributed by atoms with Gasteiger partial charge >= 0.3 is 5.97 Å². The van der Waals surface area contributed by atoms with Crippen LogP contribution in [0.25, 0.3) is 5.82 Å². The molecule has 0 saturated heterocycles. The molecule has 1 N–H and O–H groups in total. The summed E-state index contributed by atoms with van der Waals surface area (Å²) in [4.78, 5) is 18.9. The topological polar surface area (TPSA) is 99.4 Å². The molecule has 0 aliphatic heterocycles. The minimum absolute atomic E-state index is 0.0683. The van der Waals surface area contributed by atoms with Gasteiger partial charge in [0.15, 0.2) is 11.5 Å². The Hall–Kier alpha value is -3.42. The van der Waals surface area contributed by atoms with Gasteiger partial charge in [0, 0.05) is 12.3 Å². The van der Waals surface area contributed by atoms with Crippen LogP contribution < -0.4 is 9.47 Å². The zero-order valence-electron chi connectivity index (χ0n) is 12.1. The molecule has 3 rings (SSSR count). The Morgan fingerprint density at radius 1 is 1.13 bits per heavy atom. The summed E-state index contributed by atoms with van der Waals surface area (Å²) in [5.74, 6) is 0.914. The summed E-state index contributed by atoms with van der Waals surface area (Å²) < 4.78 is 12.0. The van der Waals surface area contributed by atoms with Crippen molar-refractivity contribution >= 4 is 5.97 Å². The molecule has 0 spiro atoms. The number of nitrogens with zero attached hydrogens (tertiary/aromatic N) is 4. The largest absolute Gasteiger partial charge is 0.497 e. The molecule has 0 bridgehead atoms. The number of aromatic carboxylic acids is 1. The van der Waals surface area contributed by atoms with Crippen LogP contribution in [-0.4, -0.2) is 37.9 Å². The highest BCUT2D eigenvalue weighted by atomic mass is 16.5. The van der Waals surface area contributed by atoms with E-state index in [2.05, 4.69) is 15.1 Å². The second-order valence-corrected chi connectivity index (χ2v) is 4.44. The molecule has 0 fully saturated rings. The Labute approximate surface area is 131 Å². The molecule has 2 heterocycles. The normalized spacial score (nSPS) is 10.3. The lowest BCUT2D eigenvalue weighted by atomic mass is 10.3. The van der Waals surface area contributed by atoms with Crippen LogP contribution in [0.5, 0.6) is 17.4 Å². The van der Waals surface area contributed by atoms with Gasteiger partial charge in [-0.15, -0.1) is 0 Å². The van der Waals surface area contributed by atoms with Crippen molar-refractivity contribution in [1.29, 1.82) is 0 Å². The number of methoxy groups -OCH3 is 1. The van der Waals surface area contributed by atoms with Crippen LogP contribution in [0.3, 0.4) is 0 Å². The van der Waals surface area contributed by atoms with E-state index < -0.39 is 5.97 Å². The Bertz CT molecular complexity index is 830. The van der Waals surface area contributed by atoms with E-state index in [1.54, 1.807) is 37.4 Å². The first-order valence-corrected chi connectivity index (χ1v) is 6.59. The molecule has 2 aromatic heterocycles. The fourth-order valence-corrected chi connectivity index (χ4v) is 1.84. The summed E-state index contributed by atoms with van der Waals surface area (Å²) in [5.41, 5.74) is -0.0683. The molecule has 23 heavy (non-hydrogen) atoms. The predicted molar refractivity (Wildman–Crippen MR) is 79.2 cm³/mol. The van der Waals surface area contributed by atoms with Crippen LogP contribution in [0, 0.1) is 0 Å². The quantitative estimate of drug-likeness (QED) is 0.770. The lowest BCUT2D eigenvalue weighted by molar-refractivity contribution is 0.0690. The smallest absolute Gasteiger partial charge is 0.356 e. The van der Waals surface area contributed by atoms with Gasteiger partial charge in [-0.1, -0.05) is 0 Å². The van der Waals surface area contributed by atoms with Crippen LogP contribution in [0.1, 0.15) is 10.5 Å². The third-order valence-electron chi connectivity index (χ3n) is 2.95. The van der Waals surface area contributed by atoms with Gasteiger partial charge in [-0.25, -0.2) is 19.4 Å². The van der Waals surface area contributed by atoms with Crippen LogP contribution in [0.15, 0.2) is 48.9 Å². The van der Waals surface area contributed by atoms with Crippen molar-refractivity contribution in [2.45, 2.75) is 0 Å². The van der Waals surface area contributed by atoms with Crippen LogP contribution >= 0.6 is 0 Å². The fraction of sp³-hybridized carbons (Fsp3) is 0.0667. The minimum atomic E-state index is -1.10. The van der Waals surface area contributed by atoms with Crippen LogP contribution in [0.2, 0.25) is 0 Å². The molecule has 0 radical (unpaired) electrons. The molecule has 8 heteroatoms. The summed E-state index contributed by atoms with van der Waals surface area (Å²) in [6.07, 6.45) is 2.82. The molecule has 0 aliphatic rings. The van der Waals surface area contributed by atoms with Gasteiger partial charge in [0.05, 0.1) is 7.11 Å². The van der Waals surface area contributed by atoms with Crippen molar-refractivity contribution in [2.75, 3.05) is 7.11 Å². The average molecular weight is 312 g/mol. The van der Waals surface area contributed by atoms with E-state index in [4.69, 9.17) is 14.6 Å². The van der Waals surface area contributed by atoms with E-state index in [0.29, 0.717) is 17.4 Å². The maximum atomic E-state index is 10.9. The summed E-state index contributed by atoms with van der Waals surface area (Å²) in [6, 6.07) is 9.97. The Balaban J connectivity index is 1.82. The molecule has 1 aromatic carbocycles. The van der Waals surface area contributed by atoms with Crippen molar-refractivity contribution in [3.8, 4) is 23.2 Å². The van der Waals surface area contributed by atoms with Gasteiger partial charge in [0.2, 0.25) is 5.88 Å². The van der Waals surface area contributed by atoms with Crippen LogP contribution in [-0.2, 0) is 0 Å². The number of carboxylic acids is 1. The Kier molecular flexibility index (Phi) is 3.88. The third kappa shape index (κ3) is 3.26. The van der Waals surface area contributed by atoms with Crippen molar-refractivity contribution in [3.05, 3.63) is 54.6 Å². The number of ether oxygens (including phenoxy) is 2. The van der Waals surface area contributed by atoms with E-state index in [-0.39, 0.29) is 5.69 Å². The molecule has 116 valence electrons. The SMILES string of the molecule is COc1ccc(Oc2cc(-n3ccc(C(=O)O)n3)ncn2)cc1. The number of rotatable bonds is 5. The van der Waals surface area contributed by atoms with E-state index in [9.17, 15) is 4.79 Å². The standard InChI is InChI=1S/C15H12N4O4/c1-22-10-2-4-11(5-3-10)23-14-8-13(16-9-17-14)19-7-6-12(18-19)15(20)21/h2-9H,1H3,(H,20,21). The Morgan fingerprint density at radius 2 is 1.87 bits per heavy atom. The van der Waals surface area contributed by atoms with Crippen molar-refractivity contribution in [3.63, 3.8) is 0 Å². The lowest BCUT2D eigenvalue weighted by Gasteiger charge is -2.06. The number of hydrogen-bond acceptors (Lipinski definition) is 6. The zero-order valence-corrected chi connectivity index (χ0v) is 12.1. The first-order valence-electron chi connectivity index (χ1n) is 6.59. The van der Waals surface area contributed by atoms with E-state index in [1.165, 1.54) is 23.3 Å². The molecular formula is C15H12N4O4. The molecule has 0 saturated carbocycles. The molecule has 0 unspecified atom stereocenters. The lowest BCUT2D eigenvalue weighted by Crippen LogP contribution is -2.03. The second kappa shape index (κ2) is 6.14. The second-order valence-electron chi connectivity index (χ2n) is 4.44. The van der Waals surface area contributed by atoms with Gasteiger partial charge in [0.1, 0.15) is 17.8 Å². The fourth-order valence-electron chi connectivity index (χ4n) is 1.84. The molecule has 0 atom stereocenters. The molecule has 3 aromatic rings. The monoisotopic (exact) mass is 312 g/mol. The Morgan fingerprint density at radius 3 is 2.52 bits per heavy atom. The van der Waals surface area contributed by atoms with Gasteiger partial charge in [-0.05, 0) is 30.3 Å². The average Bonchev–Trinajstić information content (AvgIpc) is 3.06. The summed E-state index contributed by atoms with van der Waals surface area (Å²) >= 11 is 0. The van der Waals surface area contributed by atoms with Gasteiger partial charge in [-0.3, -0.25) is 0 Å². The molecule has 8 nitrogen and oxygen atoms in total. The van der Waals surface area contributed by atoms with Crippen LogP contribution in [0.4, 0.5) is 0 Å². The van der Waals surface area contributed by atoms with E-state index >= 15 is 0 Å². The zero-order chi connectivity index (χ0) is 16.2. The first-order chi connectivity index (χ1) is 11.2. The highest BCUT2D eigenvalue weighted by molar-refractivity contribution is 5.85. The van der Waals surface area contributed by atoms with Gasteiger partial charge in [-0.2, -0.15) is 5.10 Å². The number of carbonyl (C=O) groups is 1. The van der Waals surface area contributed by atoms with E-state index in [1.807, 2.05) is 0 Å². The first kappa shape index (κ1) is 14.5. The molecular weight excluding hydrogens is 300 g/mol. The van der Waals surface area contributed by atoms with Gasteiger partial charge < -0.3 is 14.6 Å². The van der Waals surface area contributed by atoms with Gasteiger partial charge in [0.25, 0.3) is 0 Å². The van der Waals surface area contributed by atoms with Crippen molar-refractivity contribution < 1.29 is 19.4 Å². The minimum Gasteiger partial charge on any atom is -0.497 e. The van der Waals surface area contributed by atoms with Crippen molar-refractivity contribution in [1.82, 2.24) is 19.7 Å². The summed E-state index contributed by atoms with van der Waals surface area (Å²) in [5, 5.41) is 12.8. The number of benzene rings is 1. The summed E-state index contributed by atoms with van der Waals surface area (Å²) in [7, 11) is 1.59. The number of hydrogen-bond donors (Lipinski definition) is 1. The summed E-state index contributed by atoms with van der Waals surface area (Å²) in [6.45, 7) is 0. The third-order valence-corrected chi connectivity index (χ3v) is 2.95. The highest BCUT2D eigenvalue weighted by Crippen LogP contribution is 2.22. The molecule has 0 aliphatic carbocycles. The number of carboxylic acid groups (broad SMARTS) is 1.